The van der Waals surface area contributed by atoms with Crippen LogP contribution in [0.5, 0.6) is 0 Å². The van der Waals surface area contributed by atoms with Crippen molar-refractivity contribution in [3.8, 4) is 11.3 Å². The van der Waals surface area contributed by atoms with Crippen LogP contribution in [-0.4, -0.2) is 71.2 Å². The number of hydrogen-bond acceptors (Lipinski definition) is 9. The Hall–Kier alpha value is -5.49. The summed E-state index contributed by atoms with van der Waals surface area (Å²) in [5.41, 5.74) is 4.21. The minimum Gasteiger partial charge on any atom is -0.465 e. The molecule has 52 heavy (non-hydrogen) atoms. The van der Waals surface area contributed by atoms with Crippen molar-refractivity contribution in [2.75, 3.05) is 20.2 Å². The summed E-state index contributed by atoms with van der Waals surface area (Å²) in [7, 11) is 1.27. The third kappa shape index (κ3) is 8.51. The van der Waals surface area contributed by atoms with Gasteiger partial charge in [0.2, 0.25) is 0 Å². The van der Waals surface area contributed by atoms with Gasteiger partial charge >= 0.3 is 18.2 Å². The Bertz CT molecular complexity index is 1980. The van der Waals surface area contributed by atoms with Gasteiger partial charge in [0.25, 0.3) is 5.91 Å². The van der Waals surface area contributed by atoms with E-state index < -0.39 is 29.2 Å². The summed E-state index contributed by atoms with van der Waals surface area (Å²) in [6, 6.07) is 18.9. The van der Waals surface area contributed by atoms with E-state index >= 15 is 0 Å². The molecule has 1 aliphatic rings. The van der Waals surface area contributed by atoms with E-state index in [1.807, 2.05) is 45.0 Å². The molecule has 0 bridgehead atoms. The van der Waals surface area contributed by atoms with Crippen molar-refractivity contribution in [3.63, 3.8) is 0 Å². The molecule has 12 heteroatoms. The molecule has 1 saturated heterocycles. The van der Waals surface area contributed by atoms with Crippen LogP contribution in [-0.2, 0) is 25.7 Å². The van der Waals surface area contributed by atoms with E-state index in [0.29, 0.717) is 47.1 Å². The lowest BCUT2D eigenvalue weighted by molar-refractivity contribution is 0.0197. The van der Waals surface area contributed by atoms with Gasteiger partial charge in [-0.25, -0.2) is 24.4 Å². The number of hydroxylamine groups is 1. The second-order valence-corrected chi connectivity index (χ2v) is 14.6. The van der Waals surface area contributed by atoms with Gasteiger partial charge in [0.1, 0.15) is 17.8 Å². The number of methoxy groups -OCH3 is 1. The molecule has 1 N–H and O–H groups in total. The number of ether oxygens (including phenoxy) is 3. The van der Waals surface area contributed by atoms with Gasteiger partial charge in [0.15, 0.2) is 6.29 Å². The lowest BCUT2D eigenvalue weighted by Crippen LogP contribution is -2.42. The van der Waals surface area contributed by atoms with Crippen LogP contribution in [0.3, 0.4) is 0 Å². The maximum absolute atomic E-state index is 14.0. The first kappa shape index (κ1) is 37.8. The molecule has 0 radical (unpaired) electrons. The zero-order valence-corrected chi connectivity index (χ0v) is 30.6. The number of rotatable bonds is 8. The summed E-state index contributed by atoms with van der Waals surface area (Å²) in [5.74, 6) is -1.22. The van der Waals surface area contributed by atoms with Gasteiger partial charge in [-0.05, 0) is 83.7 Å². The molecule has 1 fully saturated rings. The number of nitrogens with one attached hydrogen (secondary N) is 1. The van der Waals surface area contributed by atoms with E-state index in [1.165, 1.54) is 23.8 Å². The van der Waals surface area contributed by atoms with Gasteiger partial charge in [-0.1, -0.05) is 48.5 Å². The van der Waals surface area contributed by atoms with Crippen molar-refractivity contribution in [3.05, 3.63) is 94.5 Å². The Morgan fingerprint density at radius 2 is 1.50 bits per heavy atom. The third-order valence-corrected chi connectivity index (χ3v) is 8.52. The molecule has 4 aromatic rings. The SMILES string of the molecule is COC(=O)c1cccc2c1c(CONC(=O)c1ccccc1C=O)c(-c1ccc(C3CCCN(C(=O)OC(C)(C)C)C3)cc1)n2C(=O)OC(C)(C)C. The largest absolute Gasteiger partial charge is 0.465 e. The van der Waals surface area contributed by atoms with Crippen LogP contribution in [0.25, 0.3) is 22.2 Å². The fourth-order valence-electron chi connectivity index (χ4n) is 6.33. The monoisotopic (exact) mass is 711 g/mol. The first-order valence-corrected chi connectivity index (χ1v) is 17.1. The van der Waals surface area contributed by atoms with Crippen LogP contribution in [0, 0.1) is 0 Å². The van der Waals surface area contributed by atoms with E-state index in [2.05, 4.69) is 5.48 Å². The highest BCUT2D eigenvalue weighted by molar-refractivity contribution is 6.10. The van der Waals surface area contributed by atoms with E-state index in [9.17, 15) is 24.0 Å². The molecule has 1 atom stereocenters. The van der Waals surface area contributed by atoms with Gasteiger partial charge in [-0.15, -0.1) is 0 Å². The number of hydrogen-bond donors (Lipinski definition) is 1. The van der Waals surface area contributed by atoms with Crippen LogP contribution in [0.2, 0.25) is 0 Å². The van der Waals surface area contributed by atoms with Crippen LogP contribution in [0.15, 0.2) is 66.7 Å². The molecular weight excluding hydrogens is 666 g/mol. The Labute approximate surface area is 302 Å². The standard InChI is InChI=1S/C40H45N3O9/c1-39(2,3)51-37(47)42-21-11-13-27(22-42)25-17-19-26(20-18-25)34-31(24-50-41-35(45)29-14-9-8-12-28(29)23-44)33-30(36(46)49-7)15-10-16-32(33)43(34)38(48)52-40(4,5)6/h8-10,12,14-20,23,27H,11,13,21-22,24H2,1-7H3,(H,41,45). The summed E-state index contributed by atoms with van der Waals surface area (Å²) in [6.07, 6.45) is 1.25. The molecule has 1 aliphatic heterocycles. The van der Waals surface area contributed by atoms with Crippen LogP contribution in [0.1, 0.15) is 103 Å². The van der Waals surface area contributed by atoms with Gasteiger partial charge in [0.05, 0.1) is 29.4 Å². The van der Waals surface area contributed by atoms with Gasteiger partial charge < -0.3 is 19.1 Å². The quantitative estimate of drug-likeness (QED) is 0.0843. The van der Waals surface area contributed by atoms with Crippen molar-refractivity contribution >= 4 is 41.3 Å². The molecule has 1 unspecified atom stereocenters. The van der Waals surface area contributed by atoms with Crippen molar-refractivity contribution in [1.29, 1.82) is 0 Å². The Morgan fingerprint density at radius 3 is 2.15 bits per heavy atom. The van der Waals surface area contributed by atoms with Gasteiger partial charge in [-0.2, -0.15) is 0 Å². The second-order valence-electron chi connectivity index (χ2n) is 14.6. The number of benzene rings is 3. The number of esters is 1. The van der Waals surface area contributed by atoms with Crippen LogP contribution in [0.4, 0.5) is 9.59 Å². The van der Waals surface area contributed by atoms with Crippen molar-refractivity contribution in [2.24, 2.45) is 0 Å². The topological polar surface area (TPSA) is 142 Å². The number of fused-ring (bicyclic) bond motifs is 1. The molecule has 0 aliphatic carbocycles. The summed E-state index contributed by atoms with van der Waals surface area (Å²) in [6.45, 7) is 11.6. The van der Waals surface area contributed by atoms with Crippen LogP contribution < -0.4 is 5.48 Å². The predicted octanol–water partition coefficient (Wildman–Crippen LogP) is 7.67. The maximum Gasteiger partial charge on any atom is 0.419 e. The number of likely N-dealkylation sites (tertiary alicyclic amines) is 1. The number of aromatic nitrogens is 1. The lowest BCUT2D eigenvalue weighted by Gasteiger charge is -2.34. The molecule has 274 valence electrons. The summed E-state index contributed by atoms with van der Waals surface area (Å²) in [5, 5.41) is 0.377. The van der Waals surface area contributed by atoms with Crippen molar-refractivity contribution in [2.45, 2.75) is 78.1 Å². The van der Waals surface area contributed by atoms with Crippen molar-refractivity contribution < 1.29 is 43.0 Å². The zero-order valence-electron chi connectivity index (χ0n) is 30.6. The first-order valence-electron chi connectivity index (χ1n) is 17.1. The zero-order chi connectivity index (χ0) is 37.8. The van der Waals surface area contributed by atoms with Crippen molar-refractivity contribution in [1.82, 2.24) is 14.9 Å². The molecule has 3 aromatic carbocycles. The van der Waals surface area contributed by atoms with E-state index in [1.54, 1.807) is 56.0 Å². The molecule has 0 spiro atoms. The molecule has 2 amide bonds. The highest BCUT2D eigenvalue weighted by Gasteiger charge is 2.31. The minimum atomic E-state index is -0.855. The second kappa shape index (κ2) is 15.4. The van der Waals surface area contributed by atoms with E-state index in [0.717, 1.165) is 18.4 Å². The Morgan fingerprint density at radius 1 is 0.846 bits per heavy atom. The maximum atomic E-state index is 14.0. The molecular formula is C40H45N3O9. The molecule has 5 rings (SSSR count). The summed E-state index contributed by atoms with van der Waals surface area (Å²) < 4.78 is 18.0. The number of nitrogens with zero attached hydrogens (tertiary/aromatic N) is 2. The Balaban J connectivity index is 1.58. The number of aldehydes is 1. The minimum absolute atomic E-state index is 0.0604. The normalized spacial score (nSPS) is 14.8. The predicted molar refractivity (Wildman–Crippen MR) is 194 cm³/mol. The fourth-order valence-corrected chi connectivity index (χ4v) is 6.33. The van der Waals surface area contributed by atoms with Gasteiger partial charge in [0, 0.05) is 35.5 Å². The van der Waals surface area contributed by atoms with Gasteiger partial charge in [-0.3, -0.25) is 14.4 Å². The highest BCUT2D eigenvalue weighted by atomic mass is 16.7. The Kier molecular flexibility index (Phi) is 11.2. The summed E-state index contributed by atoms with van der Waals surface area (Å²) in [4.78, 5) is 72.1. The highest BCUT2D eigenvalue weighted by Crippen LogP contribution is 2.38. The molecule has 12 nitrogen and oxygen atoms in total. The third-order valence-electron chi connectivity index (χ3n) is 8.52. The van der Waals surface area contributed by atoms with E-state index in [4.69, 9.17) is 19.0 Å². The first-order chi connectivity index (χ1) is 24.6. The number of amides is 2. The van der Waals surface area contributed by atoms with E-state index in [-0.39, 0.29) is 35.3 Å². The number of carbonyl (C=O) groups excluding carboxylic acids is 5. The molecule has 1 aromatic heterocycles. The van der Waals surface area contributed by atoms with Crippen LogP contribution >= 0.6 is 0 Å². The fraction of sp³-hybridized carbons (Fsp3) is 0.375. The number of carbonyl (C=O) groups is 5. The average Bonchev–Trinajstić information content (AvgIpc) is 3.44. The lowest BCUT2D eigenvalue weighted by atomic mass is 9.90. The molecule has 2 heterocycles. The summed E-state index contributed by atoms with van der Waals surface area (Å²) >= 11 is 0. The number of piperidine rings is 1. The average molecular weight is 712 g/mol. The smallest absolute Gasteiger partial charge is 0.419 e. The molecule has 0 saturated carbocycles.